The number of ketones is 1. The lowest BCUT2D eigenvalue weighted by atomic mass is 10.1. The van der Waals surface area contributed by atoms with Gasteiger partial charge in [0.2, 0.25) is 5.78 Å². The van der Waals surface area contributed by atoms with Crippen LogP contribution in [-0.2, 0) is 9.47 Å². The summed E-state index contributed by atoms with van der Waals surface area (Å²) in [6.45, 7) is 2.14. The third-order valence-corrected chi connectivity index (χ3v) is 3.33. The summed E-state index contributed by atoms with van der Waals surface area (Å²) >= 11 is 0. The van der Waals surface area contributed by atoms with Crippen molar-refractivity contribution in [2.45, 2.75) is 13.2 Å². The monoisotopic (exact) mass is 329 g/mol. The van der Waals surface area contributed by atoms with E-state index in [2.05, 4.69) is 10.1 Å². The molecule has 126 valence electrons. The maximum Gasteiger partial charge on any atom is 0.337 e. The Hall–Kier alpha value is -2.86. The van der Waals surface area contributed by atoms with Crippen LogP contribution in [0.3, 0.4) is 0 Å². The van der Waals surface area contributed by atoms with Crippen LogP contribution >= 0.6 is 0 Å². The van der Waals surface area contributed by atoms with Gasteiger partial charge >= 0.3 is 5.97 Å². The largest absolute Gasteiger partial charge is 0.508 e. The van der Waals surface area contributed by atoms with Gasteiger partial charge in [-0.3, -0.25) is 4.79 Å². The standard InChI is InChI=1S/C18H19NO5/c1-3-24-17(16(21)12-6-10-15(20)11-7-12)19-14-8-4-13(5-9-14)18(22)23-2/h4-11,17,19-20H,3H2,1-2H3. The first kappa shape index (κ1) is 17.5. The highest BCUT2D eigenvalue weighted by Crippen LogP contribution is 2.16. The number of rotatable bonds is 7. The molecule has 2 N–H and O–H groups in total. The molecule has 0 aromatic heterocycles. The Morgan fingerprint density at radius 2 is 1.62 bits per heavy atom. The molecule has 0 aliphatic carbocycles. The van der Waals surface area contributed by atoms with Gasteiger partial charge in [-0.15, -0.1) is 0 Å². The average molecular weight is 329 g/mol. The van der Waals surface area contributed by atoms with Crippen LogP contribution in [0.5, 0.6) is 5.75 Å². The van der Waals surface area contributed by atoms with Crippen LogP contribution in [0.15, 0.2) is 48.5 Å². The van der Waals surface area contributed by atoms with E-state index in [1.807, 2.05) is 0 Å². The van der Waals surface area contributed by atoms with E-state index in [0.717, 1.165) is 0 Å². The van der Waals surface area contributed by atoms with Crippen LogP contribution in [0, 0.1) is 0 Å². The fourth-order valence-corrected chi connectivity index (χ4v) is 2.10. The van der Waals surface area contributed by atoms with E-state index in [4.69, 9.17) is 4.74 Å². The van der Waals surface area contributed by atoms with Crippen LogP contribution in [0.1, 0.15) is 27.6 Å². The van der Waals surface area contributed by atoms with Crippen LogP contribution in [0.2, 0.25) is 0 Å². The number of phenols is 1. The smallest absolute Gasteiger partial charge is 0.337 e. The average Bonchev–Trinajstić information content (AvgIpc) is 2.61. The molecule has 24 heavy (non-hydrogen) atoms. The Bertz CT molecular complexity index is 694. The molecule has 0 aliphatic rings. The molecule has 0 bridgehead atoms. The maximum atomic E-state index is 12.5. The van der Waals surface area contributed by atoms with Crippen molar-refractivity contribution in [3.05, 3.63) is 59.7 Å². The third kappa shape index (κ3) is 4.33. The Balaban J connectivity index is 2.14. The number of aromatic hydroxyl groups is 1. The minimum atomic E-state index is -0.872. The molecule has 6 heteroatoms. The van der Waals surface area contributed by atoms with Crippen molar-refractivity contribution in [3.63, 3.8) is 0 Å². The van der Waals surface area contributed by atoms with Crippen molar-refractivity contribution in [2.75, 3.05) is 19.0 Å². The van der Waals surface area contributed by atoms with Gasteiger partial charge in [-0.05, 0) is 55.5 Å². The molecule has 6 nitrogen and oxygen atoms in total. The van der Waals surface area contributed by atoms with E-state index in [1.54, 1.807) is 31.2 Å². The number of phenolic OH excluding ortho intramolecular Hbond substituents is 1. The van der Waals surface area contributed by atoms with Crippen molar-refractivity contribution in [3.8, 4) is 5.75 Å². The highest BCUT2D eigenvalue weighted by molar-refractivity contribution is 6.00. The third-order valence-electron chi connectivity index (χ3n) is 3.33. The molecule has 2 rings (SSSR count). The van der Waals surface area contributed by atoms with Gasteiger partial charge in [0.25, 0.3) is 0 Å². The molecular formula is C18H19NO5. The van der Waals surface area contributed by atoms with Gasteiger partial charge in [0.1, 0.15) is 5.75 Å². The van der Waals surface area contributed by atoms with Gasteiger partial charge in [0, 0.05) is 17.9 Å². The topological polar surface area (TPSA) is 84.9 Å². The summed E-state index contributed by atoms with van der Waals surface area (Å²) in [6.07, 6.45) is -0.872. The van der Waals surface area contributed by atoms with Gasteiger partial charge in [0.05, 0.1) is 12.7 Å². The van der Waals surface area contributed by atoms with E-state index in [0.29, 0.717) is 23.4 Å². The molecular weight excluding hydrogens is 310 g/mol. The number of ether oxygens (including phenoxy) is 2. The number of nitrogens with one attached hydrogen (secondary N) is 1. The molecule has 0 fully saturated rings. The fraction of sp³-hybridized carbons (Fsp3) is 0.222. The quantitative estimate of drug-likeness (QED) is 0.461. The number of benzene rings is 2. The molecule has 2 aromatic rings. The van der Waals surface area contributed by atoms with Crippen molar-refractivity contribution in [2.24, 2.45) is 0 Å². The van der Waals surface area contributed by atoms with Crippen molar-refractivity contribution >= 4 is 17.4 Å². The van der Waals surface area contributed by atoms with Crippen LogP contribution < -0.4 is 5.32 Å². The molecule has 0 aliphatic heterocycles. The second-order valence-corrected chi connectivity index (χ2v) is 4.96. The summed E-state index contributed by atoms with van der Waals surface area (Å²) in [5, 5.41) is 12.3. The Morgan fingerprint density at radius 3 is 2.17 bits per heavy atom. The number of Topliss-reactive ketones (excluding diaryl/α,β-unsaturated/α-hetero) is 1. The molecule has 1 atom stereocenters. The van der Waals surface area contributed by atoms with Gasteiger partial charge < -0.3 is 19.9 Å². The molecule has 0 amide bonds. The van der Waals surface area contributed by atoms with E-state index in [-0.39, 0.29) is 11.5 Å². The predicted octanol–water partition coefficient (Wildman–Crippen LogP) is 2.84. The first-order valence-corrected chi connectivity index (χ1v) is 7.45. The lowest BCUT2D eigenvalue weighted by Gasteiger charge is -2.19. The first-order chi connectivity index (χ1) is 11.5. The number of hydrogen-bond donors (Lipinski definition) is 2. The minimum absolute atomic E-state index is 0.0888. The highest BCUT2D eigenvalue weighted by atomic mass is 16.5. The summed E-state index contributed by atoms with van der Waals surface area (Å²) in [6, 6.07) is 12.5. The molecule has 2 aromatic carbocycles. The highest BCUT2D eigenvalue weighted by Gasteiger charge is 2.20. The summed E-state index contributed by atoms with van der Waals surface area (Å²) in [7, 11) is 1.32. The minimum Gasteiger partial charge on any atom is -0.508 e. The first-order valence-electron chi connectivity index (χ1n) is 7.45. The number of methoxy groups -OCH3 is 1. The number of esters is 1. The number of anilines is 1. The van der Waals surface area contributed by atoms with Gasteiger partial charge in [-0.2, -0.15) is 0 Å². The number of carbonyl (C=O) groups is 2. The second kappa shape index (κ2) is 8.12. The lowest BCUT2D eigenvalue weighted by Crippen LogP contribution is -2.32. The van der Waals surface area contributed by atoms with Crippen molar-refractivity contribution in [1.29, 1.82) is 0 Å². The zero-order valence-electron chi connectivity index (χ0n) is 13.5. The van der Waals surface area contributed by atoms with E-state index in [1.165, 1.54) is 31.4 Å². The van der Waals surface area contributed by atoms with Gasteiger partial charge in [-0.1, -0.05) is 0 Å². The summed E-state index contributed by atoms with van der Waals surface area (Å²) < 4.78 is 10.1. The number of hydrogen-bond acceptors (Lipinski definition) is 6. The van der Waals surface area contributed by atoms with E-state index in [9.17, 15) is 14.7 Å². The van der Waals surface area contributed by atoms with Crippen LogP contribution in [-0.4, -0.2) is 36.8 Å². The van der Waals surface area contributed by atoms with Crippen molar-refractivity contribution in [1.82, 2.24) is 0 Å². The molecule has 0 saturated heterocycles. The van der Waals surface area contributed by atoms with E-state index < -0.39 is 12.2 Å². The second-order valence-electron chi connectivity index (χ2n) is 4.96. The Labute approximate surface area is 140 Å². The summed E-state index contributed by atoms with van der Waals surface area (Å²) in [4.78, 5) is 24.0. The predicted molar refractivity (Wildman–Crippen MR) is 89.3 cm³/mol. The molecule has 0 heterocycles. The normalized spacial score (nSPS) is 11.6. The SMILES string of the molecule is CCOC(Nc1ccc(C(=O)OC)cc1)C(=O)c1ccc(O)cc1. The Morgan fingerprint density at radius 1 is 1.04 bits per heavy atom. The molecule has 0 saturated carbocycles. The maximum absolute atomic E-state index is 12.5. The zero-order valence-corrected chi connectivity index (χ0v) is 13.5. The molecule has 0 radical (unpaired) electrons. The van der Waals surface area contributed by atoms with Crippen LogP contribution in [0.25, 0.3) is 0 Å². The fourth-order valence-electron chi connectivity index (χ4n) is 2.10. The molecule has 1 unspecified atom stereocenters. The lowest BCUT2D eigenvalue weighted by molar-refractivity contribution is 0.0549. The van der Waals surface area contributed by atoms with Gasteiger partial charge in [0.15, 0.2) is 6.23 Å². The summed E-state index contributed by atoms with van der Waals surface area (Å²) in [5.74, 6) is -0.595. The summed E-state index contributed by atoms with van der Waals surface area (Å²) in [5.41, 5.74) is 1.47. The van der Waals surface area contributed by atoms with Crippen molar-refractivity contribution < 1.29 is 24.2 Å². The van der Waals surface area contributed by atoms with Crippen LogP contribution in [0.4, 0.5) is 5.69 Å². The van der Waals surface area contributed by atoms with E-state index >= 15 is 0 Å². The number of carbonyl (C=O) groups excluding carboxylic acids is 2. The zero-order chi connectivity index (χ0) is 17.5. The molecule has 0 spiro atoms. The Kier molecular flexibility index (Phi) is 5.92. The van der Waals surface area contributed by atoms with Gasteiger partial charge in [-0.25, -0.2) is 4.79 Å².